The summed E-state index contributed by atoms with van der Waals surface area (Å²) in [5, 5.41) is 17.2. The Morgan fingerprint density at radius 1 is 1.17 bits per heavy atom. The van der Waals surface area contributed by atoms with Gasteiger partial charge >= 0.3 is 0 Å². The van der Waals surface area contributed by atoms with E-state index in [2.05, 4.69) is 25.6 Å². The van der Waals surface area contributed by atoms with Gasteiger partial charge in [-0.1, -0.05) is 0 Å². The number of rotatable bonds is 8. The maximum atomic E-state index is 11.9. The fraction of sp³-hybridized carbons (Fsp3) is 0.316. The van der Waals surface area contributed by atoms with Gasteiger partial charge in [-0.05, 0) is 48.9 Å². The van der Waals surface area contributed by atoms with Crippen LogP contribution in [0.5, 0.6) is 5.75 Å². The molecular weight excluding hydrogens is 406 g/mol. The monoisotopic (exact) mass is 425 g/mol. The van der Waals surface area contributed by atoms with Crippen LogP contribution in [0.1, 0.15) is 12.8 Å². The lowest BCUT2D eigenvalue weighted by Crippen LogP contribution is -2.13. The molecule has 4 aromatic rings. The first-order chi connectivity index (χ1) is 14.7. The summed E-state index contributed by atoms with van der Waals surface area (Å²) >= 11 is 1.38. The molecule has 10 nitrogen and oxygen atoms in total. The molecule has 1 saturated carbocycles. The third-order valence-electron chi connectivity index (χ3n) is 4.59. The minimum Gasteiger partial charge on any atom is -0.490 e. The predicted molar refractivity (Wildman–Crippen MR) is 109 cm³/mol. The molecule has 0 radical (unpaired) electrons. The summed E-state index contributed by atoms with van der Waals surface area (Å²) in [6, 6.07) is 7.41. The fourth-order valence-electron chi connectivity index (χ4n) is 2.89. The number of hydrogen-bond donors (Lipinski definition) is 1. The van der Waals surface area contributed by atoms with Crippen LogP contribution in [0.3, 0.4) is 0 Å². The quantitative estimate of drug-likeness (QED) is 0.429. The van der Waals surface area contributed by atoms with Gasteiger partial charge in [-0.15, -0.1) is 10.2 Å². The second-order valence-electron chi connectivity index (χ2n) is 6.88. The van der Waals surface area contributed by atoms with Crippen LogP contribution in [0.2, 0.25) is 0 Å². The van der Waals surface area contributed by atoms with Gasteiger partial charge in [-0.25, -0.2) is 9.50 Å². The fourth-order valence-corrected chi connectivity index (χ4v) is 3.67. The van der Waals surface area contributed by atoms with Crippen molar-refractivity contribution in [1.82, 2.24) is 29.2 Å². The number of fused-ring (bicyclic) bond motifs is 2. The van der Waals surface area contributed by atoms with E-state index < -0.39 is 0 Å². The van der Waals surface area contributed by atoms with E-state index in [1.54, 1.807) is 17.8 Å². The second kappa shape index (κ2) is 7.92. The van der Waals surface area contributed by atoms with Gasteiger partial charge in [-0.2, -0.15) is 5.10 Å². The zero-order chi connectivity index (χ0) is 20.5. The van der Waals surface area contributed by atoms with Gasteiger partial charge in [0, 0.05) is 13.0 Å². The molecule has 1 N–H and O–H groups in total. The molecule has 1 amide bonds. The first-order valence-electron chi connectivity index (χ1n) is 9.51. The van der Waals surface area contributed by atoms with Gasteiger partial charge < -0.3 is 14.8 Å². The molecule has 0 saturated heterocycles. The number of pyridine rings is 1. The number of ether oxygens (including phenoxy) is 2. The summed E-state index contributed by atoms with van der Waals surface area (Å²) in [5.74, 6) is 1.35. The van der Waals surface area contributed by atoms with Crippen LogP contribution in [0, 0.1) is 5.92 Å². The normalized spacial score (nSPS) is 13.8. The predicted octanol–water partition coefficient (Wildman–Crippen LogP) is 2.30. The van der Waals surface area contributed by atoms with Gasteiger partial charge in [-0.3, -0.25) is 9.20 Å². The van der Waals surface area contributed by atoms with E-state index in [-0.39, 0.29) is 11.8 Å². The number of aromatic nitrogens is 6. The van der Waals surface area contributed by atoms with Crippen molar-refractivity contribution in [2.75, 3.05) is 25.6 Å². The van der Waals surface area contributed by atoms with E-state index in [1.807, 2.05) is 34.9 Å². The molecule has 4 heterocycles. The molecule has 5 rings (SSSR count). The van der Waals surface area contributed by atoms with Crippen molar-refractivity contribution in [3.05, 3.63) is 36.7 Å². The molecule has 30 heavy (non-hydrogen) atoms. The molecule has 0 atom stereocenters. The molecule has 0 aliphatic heterocycles. The van der Waals surface area contributed by atoms with Gasteiger partial charge in [0.05, 0.1) is 19.0 Å². The third kappa shape index (κ3) is 3.94. The molecule has 4 aromatic heterocycles. The number of nitrogens with zero attached hydrogens (tertiary/aromatic N) is 6. The van der Waals surface area contributed by atoms with Crippen LogP contribution in [-0.2, 0) is 9.53 Å². The van der Waals surface area contributed by atoms with Crippen LogP contribution in [0.15, 0.2) is 46.8 Å². The first kappa shape index (κ1) is 18.8. The van der Waals surface area contributed by atoms with Crippen LogP contribution >= 0.6 is 11.8 Å². The Morgan fingerprint density at radius 2 is 2.03 bits per heavy atom. The number of anilines is 1. The topological polar surface area (TPSA) is 108 Å². The van der Waals surface area contributed by atoms with E-state index in [4.69, 9.17) is 9.47 Å². The molecular formula is C19H19N7O3S. The zero-order valence-electron chi connectivity index (χ0n) is 16.2. The lowest BCUT2D eigenvalue weighted by molar-refractivity contribution is -0.117. The van der Waals surface area contributed by atoms with Crippen molar-refractivity contribution >= 4 is 34.8 Å². The molecule has 0 unspecified atom stereocenters. The van der Waals surface area contributed by atoms with Crippen molar-refractivity contribution in [1.29, 1.82) is 0 Å². The maximum absolute atomic E-state index is 11.9. The number of imidazole rings is 1. The maximum Gasteiger partial charge on any atom is 0.228 e. The third-order valence-corrected chi connectivity index (χ3v) is 5.48. The Hall–Kier alpha value is -3.18. The van der Waals surface area contributed by atoms with Gasteiger partial charge in [0.15, 0.2) is 17.1 Å². The molecule has 1 aliphatic rings. The van der Waals surface area contributed by atoms with Crippen LogP contribution in [0.4, 0.5) is 5.82 Å². The van der Waals surface area contributed by atoms with E-state index in [9.17, 15) is 4.79 Å². The molecule has 0 aromatic carbocycles. The van der Waals surface area contributed by atoms with Gasteiger partial charge in [0.2, 0.25) is 11.1 Å². The van der Waals surface area contributed by atoms with Crippen molar-refractivity contribution in [3.63, 3.8) is 0 Å². The average molecular weight is 425 g/mol. The minimum absolute atomic E-state index is 0.0199. The average Bonchev–Trinajstić information content (AvgIpc) is 3.42. The SMILES string of the molecule is COCCOc1ccc2nnc(Sc3ccc4nc(NC(=O)C5CC5)cn4n3)n2c1. The smallest absolute Gasteiger partial charge is 0.228 e. The van der Waals surface area contributed by atoms with Crippen molar-refractivity contribution in [3.8, 4) is 5.75 Å². The van der Waals surface area contributed by atoms with Crippen molar-refractivity contribution in [2.45, 2.75) is 23.0 Å². The molecule has 11 heteroatoms. The Bertz CT molecular complexity index is 1220. The Kier molecular flexibility index (Phi) is 4.97. The van der Waals surface area contributed by atoms with E-state index in [0.717, 1.165) is 17.9 Å². The number of hydrogen-bond acceptors (Lipinski definition) is 8. The first-order valence-corrected chi connectivity index (χ1v) is 10.3. The summed E-state index contributed by atoms with van der Waals surface area (Å²) in [7, 11) is 1.63. The number of methoxy groups -OCH3 is 1. The molecule has 154 valence electrons. The highest BCUT2D eigenvalue weighted by Gasteiger charge is 2.30. The van der Waals surface area contributed by atoms with Crippen LogP contribution in [0.25, 0.3) is 11.3 Å². The van der Waals surface area contributed by atoms with Gasteiger partial charge in [0.25, 0.3) is 0 Å². The second-order valence-corrected chi connectivity index (χ2v) is 7.87. The van der Waals surface area contributed by atoms with E-state index >= 15 is 0 Å². The lowest BCUT2D eigenvalue weighted by Gasteiger charge is -2.06. The zero-order valence-corrected chi connectivity index (χ0v) is 17.0. The number of carbonyl (C=O) groups excluding carboxylic acids is 1. The van der Waals surface area contributed by atoms with Crippen molar-refractivity contribution in [2.24, 2.45) is 5.92 Å². The summed E-state index contributed by atoms with van der Waals surface area (Å²) in [5.41, 5.74) is 1.37. The Morgan fingerprint density at radius 3 is 2.87 bits per heavy atom. The highest BCUT2D eigenvalue weighted by atomic mass is 32.2. The molecule has 0 bridgehead atoms. The Labute approximate surface area is 175 Å². The standard InChI is InChI=1S/C19H19N7O3S/c1-28-8-9-29-13-4-5-16-22-23-19(25(16)10-13)30-17-7-6-15-20-14(11-26(15)24-17)21-18(27)12-2-3-12/h4-7,10-12H,2-3,8-9H2,1H3,(H,21,27). The molecule has 1 aliphatic carbocycles. The highest BCUT2D eigenvalue weighted by Crippen LogP contribution is 2.30. The number of amides is 1. The number of carbonyl (C=O) groups is 1. The summed E-state index contributed by atoms with van der Waals surface area (Å²) in [6.45, 7) is 0.977. The Balaban J connectivity index is 1.35. The minimum atomic E-state index is 0.0199. The largest absolute Gasteiger partial charge is 0.490 e. The lowest BCUT2D eigenvalue weighted by atomic mass is 10.4. The summed E-state index contributed by atoms with van der Waals surface area (Å²) < 4.78 is 14.2. The molecule has 1 fully saturated rings. The van der Waals surface area contributed by atoms with E-state index in [1.165, 1.54) is 11.8 Å². The van der Waals surface area contributed by atoms with E-state index in [0.29, 0.717) is 41.2 Å². The van der Waals surface area contributed by atoms with Crippen LogP contribution in [-0.4, -0.2) is 55.4 Å². The number of nitrogens with one attached hydrogen (secondary N) is 1. The van der Waals surface area contributed by atoms with Crippen LogP contribution < -0.4 is 10.1 Å². The summed E-state index contributed by atoms with van der Waals surface area (Å²) in [6.07, 6.45) is 5.45. The van der Waals surface area contributed by atoms with Crippen molar-refractivity contribution < 1.29 is 14.3 Å². The highest BCUT2D eigenvalue weighted by molar-refractivity contribution is 7.99. The summed E-state index contributed by atoms with van der Waals surface area (Å²) in [4.78, 5) is 16.3. The van der Waals surface area contributed by atoms with Gasteiger partial charge in [0.1, 0.15) is 17.4 Å². The molecule has 0 spiro atoms.